The molecule has 0 saturated heterocycles. The Morgan fingerprint density at radius 2 is 1.71 bits per heavy atom. The molecule has 0 amide bonds. The normalized spacial score (nSPS) is 14.6. The molecule has 0 atom stereocenters. The van der Waals surface area contributed by atoms with Crippen LogP contribution in [0.3, 0.4) is 0 Å². The first-order chi connectivity index (χ1) is 10.2. The zero-order valence-electron chi connectivity index (χ0n) is 11.7. The van der Waals surface area contributed by atoms with Gasteiger partial charge in [0.25, 0.3) is 0 Å². The maximum atomic E-state index is 12.0. The van der Waals surface area contributed by atoms with Crippen molar-refractivity contribution in [2.45, 2.75) is 32.1 Å². The van der Waals surface area contributed by atoms with E-state index in [1.54, 1.807) is 36.4 Å². The van der Waals surface area contributed by atoms with E-state index in [0.29, 0.717) is 5.75 Å². The molecule has 1 fully saturated rings. The minimum atomic E-state index is -0.160. The van der Waals surface area contributed by atoms with Gasteiger partial charge in [-0.2, -0.15) is 10.5 Å². The van der Waals surface area contributed by atoms with Crippen molar-refractivity contribution in [2.24, 2.45) is 5.92 Å². The molecule has 1 aliphatic carbocycles. The van der Waals surface area contributed by atoms with Crippen LogP contribution < -0.4 is 4.74 Å². The van der Waals surface area contributed by atoms with Crippen LogP contribution in [0.5, 0.6) is 5.75 Å². The van der Waals surface area contributed by atoms with Crippen molar-refractivity contribution >= 4 is 12.0 Å². The molecule has 1 aromatic rings. The Kier molecular flexibility index (Phi) is 5.12. The molecule has 0 heterocycles. The highest BCUT2D eigenvalue weighted by molar-refractivity contribution is 5.75. The molecule has 0 N–H and O–H groups in total. The SMILES string of the molecule is N#CC(C#N)=Cc1ccc(OC(=O)C2CCCCC2)cc1. The molecule has 1 saturated carbocycles. The van der Waals surface area contributed by atoms with Gasteiger partial charge in [0.15, 0.2) is 0 Å². The van der Waals surface area contributed by atoms with Gasteiger partial charge in [0.2, 0.25) is 0 Å². The van der Waals surface area contributed by atoms with E-state index in [2.05, 4.69) is 0 Å². The quantitative estimate of drug-likeness (QED) is 0.481. The number of hydrogen-bond donors (Lipinski definition) is 0. The minimum Gasteiger partial charge on any atom is -0.426 e. The molecule has 0 aromatic heterocycles. The summed E-state index contributed by atoms with van der Waals surface area (Å²) in [7, 11) is 0. The van der Waals surface area contributed by atoms with E-state index in [1.165, 1.54) is 12.5 Å². The Balaban J connectivity index is 1.99. The number of esters is 1. The average molecular weight is 280 g/mol. The van der Waals surface area contributed by atoms with Crippen molar-refractivity contribution in [3.8, 4) is 17.9 Å². The van der Waals surface area contributed by atoms with Gasteiger partial charge in [-0.25, -0.2) is 0 Å². The molecule has 2 rings (SSSR count). The number of ether oxygens (including phenoxy) is 1. The lowest BCUT2D eigenvalue weighted by Crippen LogP contribution is -2.22. The Bertz CT molecular complexity index is 596. The molecular weight excluding hydrogens is 264 g/mol. The van der Waals surface area contributed by atoms with E-state index in [-0.39, 0.29) is 17.5 Å². The van der Waals surface area contributed by atoms with Crippen LogP contribution in [0, 0.1) is 28.6 Å². The predicted molar refractivity (Wildman–Crippen MR) is 77.9 cm³/mol. The highest BCUT2D eigenvalue weighted by Gasteiger charge is 2.22. The van der Waals surface area contributed by atoms with Crippen molar-refractivity contribution in [1.29, 1.82) is 10.5 Å². The van der Waals surface area contributed by atoms with Gasteiger partial charge in [-0.15, -0.1) is 0 Å². The highest BCUT2D eigenvalue weighted by Crippen LogP contribution is 2.25. The first-order valence-corrected chi connectivity index (χ1v) is 7.06. The van der Waals surface area contributed by atoms with E-state index >= 15 is 0 Å². The second-order valence-electron chi connectivity index (χ2n) is 5.11. The Morgan fingerprint density at radius 3 is 2.29 bits per heavy atom. The minimum absolute atomic E-state index is 0.0158. The molecule has 0 bridgehead atoms. The molecule has 0 aliphatic heterocycles. The maximum Gasteiger partial charge on any atom is 0.314 e. The molecule has 4 heteroatoms. The van der Waals surface area contributed by atoms with Crippen molar-refractivity contribution in [3.05, 3.63) is 35.4 Å². The molecule has 4 nitrogen and oxygen atoms in total. The van der Waals surface area contributed by atoms with Gasteiger partial charge in [-0.1, -0.05) is 31.4 Å². The van der Waals surface area contributed by atoms with Crippen LogP contribution in [0.25, 0.3) is 6.08 Å². The maximum absolute atomic E-state index is 12.0. The Labute approximate surface area is 124 Å². The van der Waals surface area contributed by atoms with Crippen molar-refractivity contribution < 1.29 is 9.53 Å². The molecule has 106 valence electrons. The number of allylic oxidation sites excluding steroid dienone is 1. The summed E-state index contributed by atoms with van der Waals surface area (Å²) in [6.45, 7) is 0. The first-order valence-electron chi connectivity index (χ1n) is 7.06. The topological polar surface area (TPSA) is 73.9 Å². The van der Waals surface area contributed by atoms with Gasteiger partial charge in [0.05, 0.1) is 5.92 Å². The third-order valence-electron chi connectivity index (χ3n) is 3.59. The molecule has 1 aromatic carbocycles. The zero-order chi connectivity index (χ0) is 15.1. The monoisotopic (exact) mass is 280 g/mol. The molecule has 1 aliphatic rings. The van der Waals surface area contributed by atoms with Crippen molar-refractivity contribution in [1.82, 2.24) is 0 Å². The van der Waals surface area contributed by atoms with Gasteiger partial charge in [-0.05, 0) is 36.6 Å². The van der Waals surface area contributed by atoms with E-state index in [4.69, 9.17) is 15.3 Å². The van der Waals surface area contributed by atoms with Crippen molar-refractivity contribution in [2.75, 3.05) is 0 Å². The van der Waals surface area contributed by atoms with Crippen LogP contribution in [0.2, 0.25) is 0 Å². The lowest BCUT2D eigenvalue weighted by atomic mass is 9.89. The van der Waals surface area contributed by atoms with E-state index in [9.17, 15) is 4.79 Å². The third kappa shape index (κ3) is 4.19. The predicted octanol–water partition coefficient (Wildman–Crippen LogP) is 3.60. The van der Waals surface area contributed by atoms with Gasteiger partial charge in [-0.3, -0.25) is 4.79 Å². The zero-order valence-corrected chi connectivity index (χ0v) is 11.7. The summed E-state index contributed by atoms with van der Waals surface area (Å²) in [5.41, 5.74) is 0.771. The fourth-order valence-corrected chi connectivity index (χ4v) is 2.43. The van der Waals surface area contributed by atoms with Gasteiger partial charge >= 0.3 is 5.97 Å². The van der Waals surface area contributed by atoms with Crippen LogP contribution in [-0.2, 0) is 4.79 Å². The summed E-state index contributed by atoms with van der Waals surface area (Å²) in [5, 5.41) is 17.4. The van der Waals surface area contributed by atoms with Crippen LogP contribution >= 0.6 is 0 Å². The van der Waals surface area contributed by atoms with E-state index < -0.39 is 0 Å². The van der Waals surface area contributed by atoms with Gasteiger partial charge < -0.3 is 4.74 Å². The average Bonchev–Trinajstić information content (AvgIpc) is 2.55. The fraction of sp³-hybridized carbons (Fsp3) is 0.353. The molecule has 0 unspecified atom stereocenters. The summed E-state index contributed by atoms with van der Waals surface area (Å²) < 4.78 is 5.38. The number of nitriles is 2. The summed E-state index contributed by atoms with van der Waals surface area (Å²) in [6.07, 6.45) is 6.70. The van der Waals surface area contributed by atoms with Crippen LogP contribution in [0.4, 0.5) is 0 Å². The van der Waals surface area contributed by atoms with E-state index in [0.717, 1.165) is 31.2 Å². The Hall–Kier alpha value is -2.59. The first kappa shape index (κ1) is 14.8. The van der Waals surface area contributed by atoms with Crippen LogP contribution in [0.15, 0.2) is 29.8 Å². The largest absolute Gasteiger partial charge is 0.426 e. The standard InChI is InChI=1S/C17H16N2O2/c18-11-14(12-19)10-13-6-8-16(9-7-13)21-17(20)15-4-2-1-3-5-15/h6-10,15H,1-5H2. The van der Waals surface area contributed by atoms with Gasteiger partial charge in [0.1, 0.15) is 23.5 Å². The second kappa shape index (κ2) is 7.26. The van der Waals surface area contributed by atoms with Gasteiger partial charge in [0, 0.05) is 0 Å². The number of rotatable bonds is 3. The molecular formula is C17H16N2O2. The number of benzene rings is 1. The summed E-state index contributed by atoms with van der Waals surface area (Å²) in [4.78, 5) is 12.0. The van der Waals surface area contributed by atoms with Crippen LogP contribution in [-0.4, -0.2) is 5.97 Å². The summed E-state index contributed by atoms with van der Waals surface area (Å²) >= 11 is 0. The Morgan fingerprint density at radius 1 is 1.10 bits per heavy atom. The highest BCUT2D eigenvalue weighted by atomic mass is 16.5. The number of carbonyl (C=O) groups is 1. The molecule has 0 radical (unpaired) electrons. The number of carbonyl (C=O) groups excluding carboxylic acids is 1. The lowest BCUT2D eigenvalue weighted by Gasteiger charge is -2.19. The van der Waals surface area contributed by atoms with Crippen LogP contribution in [0.1, 0.15) is 37.7 Å². The third-order valence-corrected chi connectivity index (χ3v) is 3.59. The van der Waals surface area contributed by atoms with E-state index in [1.807, 2.05) is 0 Å². The smallest absolute Gasteiger partial charge is 0.314 e. The lowest BCUT2D eigenvalue weighted by molar-refractivity contribution is -0.139. The summed E-state index contributed by atoms with van der Waals surface area (Å²) in [5.74, 6) is 0.355. The number of nitrogens with zero attached hydrogens (tertiary/aromatic N) is 2. The summed E-state index contributed by atoms with van der Waals surface area (Å²) in [6, 6.07) is 10.4. The molecule has 21 heavy (non-hydrogen) atoms. The number of hydrogen-bond acceptors (Lipinski definition) is 4. The van der Waals surface area contributed by atoms with Crippen molar-refractivity contribution in [3.63, 3.8) is 0 Å². The fourth-order valence-electron chi connectivity index (χ4n) is 2.43. The molecule has 0 spiro atoms. The second-order valence-corrected chi connectivity index (χ2v) is 5.11.